The van der Waals surface area contributed by atoms with Gasteiger partial charge in [-0.25, -0.2) is 18.1 Å². The van der Waals surface area contributed by atoms with Crippen LogP contribution in [0.15, 0.2) is 52.3 Å². The lowest BCUT2D eigenvalue weighted by Gasteiger charge is -2.29. The SMILES string of the molecule is O=S(=O)(NCC1CCC(Nc2nc3c(s2)CCSc2ccccc2-3)CC1)c1cccc2nsnc12. The number of nitrogens with zero attached hydrogens (tertiary/aromatic N) is 3. The number of benzene rings is 2. The largest absolute Gasteiger partial charge is 0.359 e. The topological polar surface area (TPSA) is 96.9 Å². The Labute approximate surface area is 217 Å². The van der Waals surface area contributed by atoms with E-state index in [0.717, 1.165) is 60.4 Å². The molecule has 0 amide bonds. The van der Waals surface area contributed by atoms with Crippen LogP contribution in [0.25, 0.3) is 22.3 Å². The lowest BCUT2D eigenvalue weighted by molar-refractivity contribution is 0.337. The van der Waals surface area contributed by atoms with Crippen LogP contribution >= 0.6 is 34.8 Å². The number of anilines is 1. The summed E-state index contributed by atoms with van der Waals surface area (Å²) in [6.07, 6.45) is 5.02. The molecule has 0 saturated heterocycles. The summed E-state index contributed by atoms with van der Waals surface area (Å²) in [5.41, 5.74) is 3.44. The second-order valence-corrected chi connectivity index (χ2v) is 13.5. The summed E-state index contributed by atoms with van der Waals surface area (Å²) < 4.78 is 36.9. The van der Waals surface area contributed by atoms with E-state index in [1.807, 2.05) is 11.8 Å². The van der Waals surface area contributed by atoms with Crippen molar-refractivity contribution in [2.24, 2.45) is 5.92 Å². The molecule has 4 aromatic rings. The first-order valence-electron chi connectivity index (χ1n) is 11.8. The van der Waals surface area contributed by atoms with E-state index < -0.39 is 10.0 Å². The maximum absolute atomic E-state index is 12.9. The van der Waals surface area contributed by atoms with Crippen molar-refractivity contribution in [3.63, 3.8) is 0 Å². The van der Waals surface area contributed by atoms with Gasteiger partial charge in [-0.05, 0) is 56.2 Å². The number of hydrogen-bond acceptors (Lipinski definition) is 9. The van der Waals surface area contributed by atoms with Crippen molar-refractivity contribution in [1.29, 1.82) is 0 Å². The number of hydrogen-bond donors (Lipinski definition) is 2. The van der Waals surface area contributed by atoms with Crippen molar-refractivity contribution in [3.05, 3.63) is 47.3 Å². The zero-order chi connectivity index (χ0) is 23.8. The molecule has 0 spiro atoms. The van der Waals surface area contributed by atoms with Gasteiger partial charge in [-0.15, -0.1) is 23.1 Å². The Balaban J connectivity index is 1.06. The summed E-state index contributed by atoms with van der Waals surface area (Å²) >= 11 is 4.72. The highest BCUT2D eigenvalue weighted by Crippen LogP contribution is 2.41. The summed E-state index contributed by atoms with van der Waals surface area (Å²) in [6, 6.07) is 14.0. The van der Waals surface area contributed by atoms with Gasteiger partial charge in [-0.1, -0.05) is 24.3 Å². The van der Waals surface area contributed by atoms with Crippen molar-refractivity contribution in [2.75, 3.05) is 17.6 Å². The molecule has 11 heteroatoms. The molecule has 0 atom stereocenters. The van der Waals surface area contributed by atoms with Crippen molar-refractivity contribution >= 4 is 61.0 Å². The Hall–Kier alpha value is -2.05. The Kier molecular flexibility index (Phi) is 6.52. The van der Waals surface area contributed by atoms with Crippen molar-refractivity contribution in [1.82, 2.24) is 18.5 Å². The fourth-order valence-corrected chi connectivity index (χ4v) is 8.91. The van der Waals surface area contributed by atoms with Gasteiger partial charge in [0.15, 0.2) is 5.13 Å². The van der Waals surface area contributed by atoms with Gasteiger partial charge >= 0.3 is 0 Å². The van der Waals surface area contributed by atoms with Crippen LogP contribution < -0.4 is 10.0 Å². The van der Waals surface area contributed by atoms with Crippen LogP contribution in [0.3, 0.4) is 0 Å². The summed E-state index contributed by atoms with van der Waals surface area (Å²) in [6.45, 7) is 0.447. The molecule has 3 heterocycles. The highest BCUT2D eigenvalue weighted by molar-refractivity contribution is 7.99. The minimum atomic E-state index is -3.62. The highest BCUT2D eigenvalue weighted by Gasteiger charge is 2.26. The summed E-state index contributed by atoms with van der Waals surface area (Å²) in [4.78, 5) is 7.86. The number of sulfonamides is 1. The standard InChI is InChI=1S/C24H25N5O2S4/c30-35(31,21-7-3-5-18-23(21)29-34-28-18)25-14-15-8-10-16(11-9-15)26-24-27-22-17-4-1-2-6-19(17)32-13-12-20(22)33-24/h1-7,15-16,25H,8-14H2,(H,26,27). The third-order valence-corrected chi connectivity index (χ3v) is 10.8. The van der Waals surface area contributed by atoms with Crippen LogP contribution in [0.2, 0.25) is 0 Å². The Morgan fingerprint density at radius 1 is 1.00 bits per heavy atom. The van der Waals surface area contributed by atoms with Crippen LogP contribution in [-0.4, -0.2) is 40.5 Å². The average Bonchev–Trinajstić information content (AvgIpc) is 3.47. The zero-order valence-corrected chi connectivity index (χ0v) is 22.2. The first kappa shape index (κ1) is 23.4. The predicted molar refractivity (Wildman–Crippen MR) is 144 cm³/mol. The normalized spacial score (nSPS) is 20.2. The second kappa shape index (κ2) is 9.78. The van der Waals surface area contributed by atoms with Gasteiger partial charge in [0.25, 0.3) is 0 Å². The summed E-state index contributed by atoms with van der Waals surface area (Å²) in [7, 11) is -3.62. The monoisotopic (exact) mass is 543 g/mol. The van der Waals surface area contributed by atoms with Crippen LogP contribution in [-0.2, 0) is 16.4 Å². The molecule has 182 valence electrons. The molecule has 1 saturated carbocycles. The number of aromatic nitrogens is 3. The van der Waals surface area contributed by atoms with E-state index in [1.54, 1.807) is 29.5 Å². The lowest BCUT2D eigenvalue weighted by atomic mass is 9.86. The van der Waals surface area contributed by atoms with E-state index in [-0.39, 0.29) is 4.90 Å². The summed E-state index contributed by atoms with van der Waals surface area (Å²) in [5, 5.41) is 4.68. The number of rotatable bonds is 6. The molecule has 2 aromatic carbocycles. The number of nitrogens with one attached hydrogen (secondary N) is 2. The van der Waals surface area contributed by atoms with Crippen LogP contribution in [0.1, 0.15) is 30.6 Å². The van der Waals surface area contributed by atoms with E-state index >= 15 is 0 Å². The van der Waals surface area contributed by atoms with E-state index in [0.29, 0.717) is 29.5 Å². The molecular formula is C24H25N5O2S4. The van der Waals surface area contributed by atoms with Crippen molar-refractivity contribution in [3.8, 4) is 11.3 Å². The van der Waals surface area contributed by atoms with Crippen LogP contribution in [0.5, 0.6) is 0 Å². The number of thioether (sulfide) groups is 1. The van der Waals surface area contributed by atoms with E-state index in [4.69, 9.17) is 4.98 Å². The molecule has 0 unspecified atom stereocenters. The van der Waals surface area contributed by atoms with Gasteiger partial charge in [-0.3, -0.25) is 0 Å². The van der Waals surface area contributed by atoms with Gasteiger partial charge in [0.05, 0.1) is 17.4 Å². The van der Waals surface area contributed by atoms with Gasteiger partial charge in [-0.2, -0.15) is 8.75 Å². The third kappa shape index (κ3) is 4.84. The molecule has 0 radical (unpaired) electrons. The first-order valence-corrected chi connectivity index (χ1v) is 15.8. The molecule has 6 rings (SSSR count). The lowest BCUT2D eigenvalue weighted by Crippen LogP contribution is -2.34. The van der Waals surface area contributed by atoms with E-state index in [2.05, 4.69) is 43.1 Å². The Morgan fingerprint density at radius 2 is 1.86 bits per heavy atom. The Morgan fingerprint density at radius 3 is 2.74 bits per heavy atom. The van der Waals surface area contributed by atoms with Crippen LogP contribution in [0, 0.1) is 5.92 Å². The minimum Gasteiger partial charge on any atom is -0.359 e. The predicted octanol–water partition coefficient (Wildman–Crippen LogP) is 5.41. The van der Waals surface area contributed by atoms with Gasteiger partial charge < -0.3 is 5.32 Å². The maximum atomic E-state index is 12.9. The first-order chi connectivity index (χ1) is 17.1. The fraction of sp³-hybridized carbons (Fsp3) is 0.375. The molecule has 0 bridgehead atoms. The second-order valence-electron chi connectivity index (χ2n) is 8.99. The molecule has 2 aliphatic rings. The molecular weight excluding hydrogens is 519 g/mol. The van der Waals surface area contributed by atoms with Crippen LogP contribution in [0.4, 0.5) is 5.13 Å². The number of aryl methyl sites for hydroxylation is 1. The smallest absolute Gasteiger partial charge is 0.242 e. The number of thiazole rings is 1. The van der Waals surface area contributed by atoms with E-state index in [9.17, 15) is 8.42 Å². The minimum absolute atomic E-state index is 0.211. The quantitative estimate of drug-likeness (QED) is 0.336. The third-order valence-electron chi connectivity index (χ3n) is 6.70. The molecule has 2 aromatic heterocycles. The molecule has 1 aliphatic heterocycles. The van der Waals surface area contributed by atoms with Gasteiger partial charge in [0.1, 0.15) is 15.9 Å². The van der Waals surface area contributed by atoms with Gasteiger partial charge in [0, 0.05) is 33.7 Å². The van der Waals surface area contributed by atoms with Gasteiger partial charge in [0.2, 0.25) is 10.0 Å². The average molecular weight is 544 g/mol. The van der Waals surface area contributed by atoms with E-state index in [1.165, 1.54) is 15.3 Å². The number of fused-ring (bicyclic) bond motifs is 4. The van der Waals surface area contributed by atoms with Crippen molar-refractivity contribution < 1.29 is 8.42 Å². The van der Waals surface area contributed by atoms with Crippen molar-refractivity contribution in [2.45, 2.75) is 47.9 Å². The molecule has 2 N–H and O–H groups in total. The molecule has 7 nitrogen and oxygen atoms in total. The zero-order valence-electron chi connectivity index (χ0n) is 18.9. The molecule has 35 heavy (non-hydrogen) atoms. The highest BCUT2D eigenvalue weighted by atomic mass is 32.2. The Bertz CT molecular complexity index is 1460. The fourth-order valence-electron chi connectivity index (χ4n) is 4.82. The maximum Gasteiger partial charge on any atom is 0.242 e. The summed E-state index contributed by atoms with van der Waals surface area (Å²) in [5.74, 6) is 1.41. The molecule has 1 aliphatic carbocycles. The molecule has 1 fully saturated rings.